The standard InChI is InChI=1S/C19H21F2N5O.ClH/c1-11(12-7-23-24-8-12)26-10-13(18-14(20)3-2-4-17(18)26)19(27)25-16-5-6-22-9-15(16)21;/h2-4,7-8,10-11,15-16,22H,5-6,9H2,1H3,(H,23,24)(H,25,27);1H/t11?,15-,16+;/m0./s1. The van der Waals surface area contributed by atoms with Gasteiger partial charge in [0.05, 0.1) is 29.4 Å². The summed E-state index contributed by atoms with van der Waals surface area (Å²) < 4.78 is 30.5. The molecule has 28 heavy (non-hydrogen) atoms. The summed E-state index contributed by atoms with van der Waals surface area (Å²) >= 11 is 0. The molecule has 3 aromatic rings. The van der Waals surface area contributed by atoms with Crippen molar-refractivity contribution in [2.75, 3.05) is 13.1 Å². The number of hydrogen-bond acceptors (Lipinski definition) is 3. The maximum atomic E-state index is 14.6. The molecule has 3 N–H and O–H groups in total. The Bertz CT molecular complexity index is 959. The summed E-state index contributed by atoms with van der Waals surface area (Å²) in [6.07, 6.45) is 4.43. The van der Waals surface area contributed by atoms with E-state index in [4.69, 9.17) is 0 Å². The number of carbonyl (C=O) groups is 1. The summed E-state index contributed by atoms with van der Waals surface area (Å²) in [6, 6.07) is 3.99. The van der Waals surface area contributed by atoms with Gasteiger partial charge in [-0.15, -0.1) is 12.4 Å². The van der Waals surface area contributed by atoms with Crippen molar-refractivity contribution < 1.29 is 13.6 Å². The van der Waals surface area contributed by atoms with Crippen LogP contribution in [0, 0.1) is 5.82 Å². The van der Waals surface area contributed by atoms with Crippen molar-refractivity contribution in [2.24, 2.45) is 0 Å². The Labute approximate surface area is 167 Å². The minimum Gasteiger partial charge on any atom is -0.346 e. The summed E-state index contributed by atoms with van der Waals surface area (Å²) in [7, 11) is 0. The summed E-state index contributed by atoms with van der Waals surface area (Å²) in [4.78, 5) is 12.9. The molecule has 0 spiro atoms. The fourth-order valence-electron chi connectivity index (χ4n) is 3.64. The zero-order chi connectivity index (χ0) is 19.0. The highest BCUT2D eigenvalue weighted by Crippen LogP contribution is 2.30. The highest BCUT2D eigenvalue weighted by atomic mass is 35.5. The molecule has 0 aliphatic carbocycles. The Kier molecular flexibility index (Phi) is 6.00. The molecule has 1 aliphatic rings. The van der Waals surface area contributed by atoms with Crippen molar-refractivity contribution in [3.05, 3.63) is 53.7 Å². The number of rotatable bonds is 4. The van der Waals surface area contributed by atoms with Crippen molar-refractivity contribution in [1.82, 2.24) is 25.4 Å². The van der Waals surface area contributed by atoms with E-state index in [1.54, 1.807) is 30.7 Å². The molecule has 3 atom stereocenters. The minimum absolute atomic E-state index is 0. The van der Waals surface area contributed by atoms with Crippen molar-refractivity contribution >= 4 is 29.2 Å². The van der Waals surface area contributed by atoms with E-state index < -0.39 is 23.9 Å². The molecule has 2 aromatic heterocycles. The van der Waals surface area contributed by atoms with Crippen molar-refractivity contribution in [2.45, 2.75) is 31.6 Å². The van der Waals surface area contributed by atoms with Gasteiger partial charge >= 0.3 is 0 Å². The van der Waals surface area contributed by atoms with E-state index in [-0.39, 0.29) is 35.9 Å². The van der Waals surface area contributed by atoms with Gasteiger partial charge in [0.15, 0.2) is 0 Å². The first-order valence-corrected chi connectivity index (χ1v) is 8.99. The molecule has 1 unspecified atom stereocenters. The van der Waals surface area contributed by atoms with Crippen LogP contribution in [0.3, 0.4) is 0 Å². The fourth-order valence-corrected chi connectivity index (χ4v) is 3.64. The number of benzene rings is 1. The second-order valence-electron chi connectivity index (χ2n) is 6.88. The van der Waals surface area contributed by atoms with Crippen molar-refractivity contribution in [1.29, 1.82) is 0 Å². The van der Waals surface area contributed by atoms with E-state index in [2.05, 4.69) is 20.8 Å². The number of aromatic amines is 1. The predicted octanol–water partition coefficient (Wildman–Crippen LogP) is 2.96. The van der Waals surface area contributed by atoms with Gasteiger partial charge in [0.1, 0.15) is 12.0 Å². The van der Waals surface area contributed by atoms with E-state index in [0.717, 1.165) is 5.56 Å². The summed E-state index contributed by atoms with van der Waals surface area (Å²) in [5, 5.41) is 12.7. The van der Waals surface area contributed by atoms with Gasteiger partial charge in [-0.1, -0.05) is 6.07 Å². The maximum Gasteiger partial charge on any atom is 0.253 e. The van der Waals surface area contributed by atoms with E-state index in [9.17, 15) is 13.6 Å². The second kappa shape index (κ2) is 8.28. The van der Waals surface area contributed by atoms with Gasteiger partial charge in [0.25, 0.3) is 5.91 Å². The number of hydrogen-bond donors (Lipinski definition) is 3. The van der Waals surface area contributed by atoms with E-state index in [0.29, 0.717) is 18.5 Å². The SMILES string of the molecule is CC(c1cn[nH]c1)n1cc(C(=O)N[C@@H]2CCNC[C@@H]2F)c2c(F)cccc21.Cl. The van der Waals surface area contributed by atoms with Gasteiger partial charge in [-0.2, -0.15) is 5.10 Å². The van der Waals surface area contributed by atoms with E-state index in [1.807, 2.05) is 11.5 Å². The highest BCUT2D eigenvalue weighted by molar-refractivity contribution is 6.07. The van der Waals surface area contributed by atoms with Crippen LogP contribution in [0.5, 0.6) is 0 Å². The largest absolute Gasteiger partial charge is 0.346 e. The van der Waals surface area contributed by atoms with Gasteiger partial charge in [0.2, 0.25) is 0 Å². The lowest BCUT2D eigenvalue weighted by molar-refractivity contribution is 0.0893. The quantitative estimate of drug-likeness (QED) is 0.620. The molecule has 0 radical (unpaired) electrons. The monoisotopic (exact) mass is 409 g/mol. The van der Waals surface area contributed by atoms with E-state index in [1.165, 1.54) is 6.07 Å². The normalized spacial score (nSPS) is 20.5. The highest BCUT2D eigenvalue weighted by Gasteiger charge is 2.28. The van der Waals surface area contributed by atoms with Crippen LogP contribution in [0.2, 0.25) is 0 Å². The first kappa shape index (κ1) is 20.3. The average molecular weight is 410 g/mol. The molecular formula is C19H22ClF2N5O. The minimum atomic E-state index is -1.16. The molecule has 4 rings (SSSR count). The number of carbonyl (C=O) groups excluding carboxylic acids is 1. The van der Waals surface area contributed by atoms with Crippen LogP contribution in [0.15, 0.2) is 36.8 Å². The van der Waals surface area contributed by atoms with Crippen LogP contribution in [0.4, 0.5) is 8.78 Å². The third-order valence-corrected chi connectivity index (χ3v) is 5.20. The molecule has 3 heterocycles. The molecule has 1 fully saturated rings. The predicted molar refractivity (Wildman–Crippen MR) is 105 cm³/mol. The molecule has 1 amide bonds. The number of piperidine rings is 1. The molecule has 6 nitrogen and oxygen atoms in total. The fraction of sp³-hybridized carbons (Fsp3) is 0.368. The Morgan fingerprint density at radius 1 is 1.43 bits per heavy atom. The summed E-state index contributed by atoms with van der Waals surface area (Å²) in [5.41, 5.74) is 1.73. The van der Waals surface area contributed by atoms with Gasteiger partial charge < -0.3 is 15.2 Å². The van der Waals surface area contributed by atoms with Crippen LogP contribution < -0.4 is 10.6 Å². The summed E-state index contributed by atoms with van der Waals surface area (Å²) in [6.45, 7) is 2.79. The van der Waals surface area contributed by atoms with E-state index >= 15 is 0 Å². The average Bonchev–Trinajstić information content (AvgIpc) is 3.31. The number of halogens is 3. The smallest absolute Gasteiger partial charge is 0.253 e. The van der Waals surface area contributed by atoms with Crippen LogP contribution in [-0.2, 0) is 0 Å². The lowest BCUT2D eigenvalue weighted by atomic mass is 10.0. The zero-order valence-corrected chi connectivity index (χ0v) is 16.1. The Morgan fingerprint density at radius 3 is 2.96 bits per heavy atom. The second-order valence-corrected chi connectivity index (χ2v) is 6.88. The zero-order valence-electron chi connectivity index (χ0n) is 15.3. The lowest BCUT2D eigenvalue weighted by Gasteiger charge is -2.27. The number of aromatic nitrogens is 3. The maximum absolute atomic E-state index is 14.6. The molecule has 1 aliphatic heterocycles. The van der Waals surface area contributed by atoms with Gasteiger partial charge in [-0.3, -0.25) is 9.89 Å². The molecule has 1 saturated heterocycles. The first-order chi connectivity index (χ1) is 13.1. The van der Waals surface area contributed by atoms with Gasteiger partial charge in [-0.25, -0.2) is 8.78 Å². The van der Waals surface area contributed by atoms with Crippen LogP contribution >= 0.6 is 12.4 Å². The third kappa shape index (κ3) is 3.62. The molecule has 1 aromatic carbocycles. The Hall–Kier alpha value is -2.45. The summed E-state index contributed by atoms with van der Waals surface area (Å²) in [5.74, 6) is -0.935. The van der Waals surface area contributed by atoms with Crippen molar-refractivity contribution in [3.63, 3.8) is 0 Å². The lowest BCUT2D eigenvalue weighted by Crippen LogP contribution is -2.50. The van der Waals surface area contributed by atoms with Gasteiger partial charge in [0, 0.05) is 29.9 Å². The van der Waals surface area contributed by atoms with Crippen LogP contribution in [0.25, 0.3) is 10.9 Å². The van der Waals surface area contributed by atoms with Gasteiger partial charge in [-0.05, 0) is 32.0 Å². The van der Waals surface area contributed by atoms with Crippen molar-refractivity contribution in [3.8, 4) is 0 Å². The molecule has 0 bridgehead atoms. The number of H-pyrrole nitrogens is 1. The molecule has 0 saturated carbocycles. The Balaban J connectivity index is 0.00000225. The third-order valence-electron chi connectivity index (χ3n) is 5.20. The first-order valence-electron chi connectivity index (χ1n) is 8.99. The number of fused-ring (bicyclic) bond motifs is 1. The number of nitrogens with zero attached hydrogens (tertiary/aromatic N) is 2. The molecule has 150 valence electrons. The number of alkyl halides is 1. The topological polar surface area (TPSA) is 74.7 Å². The molecular weight excluding hydrogens is 388 g/mol. The van der Waals surface area contributed by atoms with Crippen LogP contribution in [0.1, 0.15) is 35.3 Å². The molecule has 9 heteroatoms. The Morgan fingerprint density at radius 2 is 2.25 bits per heavy atom. The van der Waals surface area contributed by atoms with Crippen LogP contribution in [-0.4, -0.2) is 46.0 Å². The number of nitrogens with one attached hydrogen (secondary N) is 3. The number of amides is 1.